The molecule has 0 bridgehead atoms. The molecule has 2 heterocycles. The molecule has 0 aromatic rings. The SMILES string of the molecule is O=C(C1CC=CC1)N1CCCC2(CC1)CCN(CC1CC1)C2=O. The number of rotatable bonds is 3. The van der Waals surface area contributed by atoms with E-state index in [2.05, 4.69) is 17.1 Å². The fraction of sp³-hybridized carbons (Fsp3) is 0.789. The van der Waals surface area contributed by atoms with Crippen molar-refractivity contribution in [3.05, 3.63) is 12.2 Å². The molecule has 2 amide bonds. The van der Waals surface area contributed by atoms with Crippen molar-refractivity contribution < 1.29 is 9.59 Å². The fourth-order valence-corrected chi connectivity index (χ4v) is 4.63. The van der Waals surface area contributed by atoms with E-state index in [0.717, 1.165) is 70.6 Å². The Kier molecular flexibility index (Phi) is 3.94. The van der Waals surface area contributed by atoms with Gasteiger partial charge in [0.1, 0.15) is 0 Å². The Labute approximate surface area is 138 Å². The smallest absolute Gasteiger partial charge is 0.228 e. The molecule has 0 radical (unpaired) electrons. The van der Waals surface area contributed by atoms with Gasteiger partial charge in [-0.1, -0.05) is 12.2 Å². The zero-order valence-electron chi connectivity index (χ0n) is 14.0. The summed E-state index contributed by atoms with van der Waals surface area (Å²) in [6.45, 7) is 3.54. The van der Waals surface area contributed by atoms with Crippen LogP contribution in [0.1, 0.15) is 51.4 Å². The van der Waals surface area contributed by atoms with Gasteiger partial charge < -0.3 is 9.80 Å². The highest BCUT2D eigenvalue weighted by Crippen LogP contribution is 2.43. The fourth-order valence-electron chi connectivity index (χ4n) is 4.63. The third kappa shape index (κ3) is 2.92. The number of likely N-dealkylation sites (tertiary alicyclic amines) is 2. The molecule has 126 valence electrons. The Morgan fingerprint density at radius 1 is 1.09 bits per heavy atom. The van der Waals surface area contributed by atoms with E-state index in [-0.39, 0.29) is 11.3 Å². The van der Waals surface area contributed by atoms with Crippen LogP contribution in [0.2, 0.25) is 0 Å². The minimum Gasteiger partial charge on any atom is -0.342 e. The van der Waals surface area contributed by atoms with Crippen LogP contribution < -0.4 is 0 Å². The molecule has 2 aliphatic carbocycles. The molecule has 0 aromatic carbocycles. The summed E-state index contributed by atoms with van der Waals surface area (Å²) in [6, 6.07) is 0. The maximum Gasteiger partial charge on any atom is 0.228 e. The summed E-state index contributed by atoms with van der Waals surface area (Å²) < 4.78 is 0. The van der Waals surface area contributed by atoms with E-state index in [1.807, 2.05) is 4.90 Å². The third-order valence-electron chi connectivity index (χ3n) is 6.39. The number of amides is 2. The van der Waals surface area contributed by atoms with Gasteiger partial charge in [0.15, 0.2) is 0 Å². The number of carbonyl (C=O) groups is 2. The molecule has 2 aliphatic heterocycles. The standard InChI is InChI=1S/C19H28N2O2/c22-17(16-4-1-2-5-16)20-11-3-8-19(9-12-20)10-13-21(18(19)23)14-15-6-7-15/h1-2,15-16H,3-14H2. The van der Waals surface area contributed by atoms with Gasteiger partial charge in [0.2, 0.25) is 11.8 Å². The van der Waals surface area contributed by atoms with Crippen LogP contribution in [0.4, 0.5) is 0 Å². The molecule has 3 fully saturated rings. The molecule has 0 aromatic heterocycles. The van der Waals surface area contributed by atoms with Gasteiger partial charge in [-0.3, -0.25) is 9.59 Å². The Balaban J connectivity index is 1.38. The van der Waals surface area contributed by atoms with Crippen molar-refractivity contribution in [2.24, 2.45) is 17.3 Å². The lowest BCUT2D eigenvalue weighted by molar-refractivity contribution is -0.138. The first-order chi connectivity index (χ1) is 11.2. The van der Waals surface area contributed by atoms with E-state index in [0.29, 0.717) is 11.8 Å². The summed E-state index contributed by atoms with van der Waals surface area (Å²) >= 11 is 0. The van der Waals surface area contributed by atoms with Crippen LogP contribution in [0.25, 0.3) is 0 Å². The van der Waals surface area contributed by atoms with Crippen molar-refractivity contribution in [3.8, 4) is 0 Å². The zero-order chi connectivity index (χ0) is 15.9. The number of allylic oxidation sites excluding steroid dienone is 2. The first-order valence-corrected chi connectivity index (χ1v) is 9.41. The quantitative estimate of drug-likeness (QED) is 0.751. The van der Waals surface area contributed by atoms with E-state index in [4.69, 9.17) is 0 Å². The van der Waals surface area contributed by atoms with Gasteiger partial charge in [-0.15, -0.1) is 0 Å². The van der Waals surface area contributed by atoms with Crippen LogP contribution in [0.15, 0.2) is 12.2 Å². The van der Waals surface area contributed by atoms with E-state index in [1.165, 1.54) is 12.8 Å². The summed E-state index contributed by atoms with van der Waals surface area (Å²) in [5, 5.41) is 0. The van der Waals surface area contributed by atoms with Gasteiger partial charge in [0, 0.05) is 32.1 Å². The van der Waals surface area contributed by atoms with Crippen LogP contribution in [0.5, 0.6) is 0 Å². The highest BCUT2D eigenvalue weighted by atomic mass is 16.2. The monoisotopic (exact) mass is 316 g/mol. The molecule has 4 heteroatoms. The molecule has 4 aliphatic rings. The first kappa shape index (κ1) is 15.2. The highest BCUT2D eigenvalue weighted by Gasteiger charge is 2.48. The van der Waals surface area contributed by atoms with E-state index < -0.39 is 0 Å². The molecule has 1 atom stereocenters. The van der Waals surface area contributed by atoms with Crippen LogP contribution in [-0.2, 0) is 9.59 Å². The minimum absolute atomic E-state index is 0.155. The summed E-state index contributed by atoms with van der Waals surface area (Å²) in [5.41, 5.74) is -0.155. The maximum absolute atomic E-state index is 12.9. The lowest BCUT2D eigenvalue weighted by Gasteiger charge is -2.27. The molecular formula is C19H28N2O2. The van der Waals surface area contributed by atoms with Gasteiger partial charge in [0.25, 0.3) is 0 Å². The predicted octanol–water partition coefficient (Wildman–Crippen LogP) is 2.59. The Bertz CT molecular complexity index is 517. The second-order valence-electron chi connectivity index (χ2n) is 8.04. The van der Waals surface area contributed by atoms with Gasteiger partial charge >= 0.3 is 0 Å². The molecule has 4 nitrogen and oxygen atoms in total. The third-order valence-corrected chi connectivity index (χ3v) is 6.39. The van der Waals surface area contributed by atoms with Gasteiger partial charge in [-0.25, -0.2) is 0 Å². The van der Waals surface area contributed by atoms with Crippen molar-refractivity contribution in [3.63, 3.8) is 0 Å². The van der Waals surface area contributed by atoms with Gasteiger partial charge in [0.05, 0.1) is 5.41 Å². The highest BCUT2D eigenvalue weighted by molar-refractivity contribution is 5.85. The Morgan fingerprint density at radius 2 is 1.83 bits per heavy atom. The largest absolute Gasteiger partial charge is 0.342 e. The first-order valence-electron chi connectivity index (χ1n) is 9.41. The summed E-state index contributed by atoms with van der Waals surface area (Å²) in [4.78, 5) is 29.8. The average Bonchev–Trinajstić information content (AvgIpc) is 3.18. The normalized spacial score (nSPS) is 32.1. The van der Waals surface area contributed by atoms with Crippen molar-refractivity contribution >= 4 is 11.8 Å². The van der Waals surface area contributed by atoms with E-state index in [1.54, 1.807) is 0 Å². The topological polar surface area (TPSA) is 40.6 Å². The predicted molar refractivity (Wildman–Crippen MR) is 88.6 cm³/mol. The zero-order valence-corrected chi connectivity index (χ0v) is 14.0. The lowest BCUT2D eigenvalue weighted by atomic mass is 9.79. The molecule has 1 unspecified atom stereocenters. The second-order valence-corrected chi connectivity index (χ2v) is 8.04. The Hall–Kier alpha value is -1.32. The van der Waals surface area contributed by atoms with Gasteiger partial charge in [-0.2, -0.15) is 0 Å². The van der Waals surface area contributed by atoms with Crippen molar-refractivity contribution in [1.29, 1.82) is 0 Å². The summed E-state index contributed by atoms with van der Waals surface area (Å²) in [6.07, 6.45) is 12.5. The van der Waals surface area contributed by atoms with Crippen LogP contribution >= 0.6 is 0 Å². The van der Waals surface area contributed by atoms with Crippen LogP contribution in [-0.4, -0.2) is 47.8 Å². The number of nitrogens with zero attached hydrogens (tertiary/aromatic N) is 2. The minimum atomic E-state index is -0.155. The molecule has 23 heavy (non-hydrogen) atoms. The molecule has 2 saturated heterocycles. The van der Waals surface area contributed by atoms with Crippen LogP contribution in [0.3, 0.4) is 0 Å². The number of carbonyl (C=O) groups excluding carboxylic acids is 2. The molecular weight excluding hydrogens is 288 g/mol. The average molecular weight is 316 g/mol. The molecule has 1 spiro atoms. The van der Waals surface area contributed by atoms with E-state index >= 15 is 0 Å². The van der Waals surface area contributed by atoms with Gasteiger partial charge in [-0.05, 0) is 57.3 Å². The lowest BCUT2D eigenvalue weighted by Crippen LogP contribution is -2.38. The summed E-state index contributed by atoms with van der Waals surface area (Å²) in [7, 11) is 0. The Morgan fingerprint density at radius 3 is 2.57 bits per heavy atom. The summed E-state index contributed by atoms with van der Waals surface area (Å²) in [5.74, 6) is 1.64. The van der Waals surface area contributed by atoms with Crippen molar-refractivity contribution in [2.45, 2.75) is 51.4 Å². The maximum atomic E-state index is 12.9. The second kappa shape index (κ2) is 5.95. The number of hydrogen-bond donors (Lipinski definition) is 0. The van der Waals surface area contributed by atoms with Crippen LogP contribution in [0, 0.1) is 17.3 Å². The molecule has 1 saturated carbocycles. The number of hydrogen-bond acceptors (Lipinski definition) is 2. The van der Waals surface area contributed by atoms with Crippen molar-refractivity contribution in [2.75, 3.05) is 26.2 Å². The molecule has 0 N–H and O–H groups in total. The molecule has 4 rings (SSSR count). The van der Waals surface area contributed by atoms with E-state index in [9.17, 15) is 9.59 Å². The van der Waals surface area contributed by atoms with Crippen molar-refractivity contribution in [1.82, 2.24) is 9.80 Å².